The van der Waals surface area contributed by atoms with Gasteiger partial charge in [-0.1, -0.05) is 0 Å². The van der Waals surface area contributed by atoms with Gasteiger partial charge < -0.3 is 5.73 Å². The summed E-state index contributed by atoms with van der Waals surface area (Å²) in [6.07, 6.45) is -0.424. The Morgan fingerprint density at radius 2 is 1.96 bits per heavy atom. The zero-order chi connectivity index (χ0) is 17.3. The standard InChI is InChI=1S/C15H10F3N5O/c16-15(17,18)13-6-12(9-2-1-5-20-7-9)23(22-13)10-3-4-11(14(19)24)21-8-10/h1-8H,(H2,19,24). The van der Waals surface area contributed by atoms with E-state index in [0.29, 0.717) is 5.56 Å². The van der Waals surface area contributed by atoms with Crippen LogP contribution < -0.4 is 5.73 Å². The Bertz CT molecular complexity index is 872. The number of hydrogen-bond acceptors (Lipinski definition) is 4. The number of carbonyl (C=O) groups is 1. The summed E-state index contributed by atoms with van der Waals surface area (Å²) < 4.78 is 40.1. The van der Waals surface area contributed by atoms with Gasteiger partial charge in [0.15, 0.2) is 5.69 Å². The molecule has 0 saturated heterocycles. The molecule has 3 aromatic heterocycles. The Morgan fingerprint density at radius 1 is 1.17 bits per heavy atom. The predicted molar refractivity (Wildman–Crippen MR) is 78.1 cm³/mol. The molecule has 0 bridgehead atoms. The van der Waals surface area contributed by atoms with E-state index in [9.17, 15) is 18.0 Å². The summed E-state index contributed by atoms with van der Waals surface area (Å²) in [5, 5.41) is 3.61. The minimum Gasteiger partial charge on any atom is -0.364 e. The molecule has 0 aromatic carbocycles. The van der Waals surface area contributed by atoms with Crippen molar-refractivity contribution in [3.8, 4) is 16.9 Å². The van der Waals surface area contributed by atoms with Crippen LogP contribution in [0.1, 0.15) is 16.2 Å². The highest BCUT2D eigenvalue weighted by molar-refractivity contribution is 5.90. The van der Waals surface area contributed by atoms with Crippen LogP contribution in [0.4, 0.5) is 13.2 Å². The number of alkyl halides is 3. The summed E-state index contributed by atoms with van der Waals surface area (Å²) in [7, 11) is 0. The van der Waals surface area contributed by atoms with Gasteiger partial charge in [0.1, 0.15) is 5.69 Å². The zero-order valence-electron chi connectivity index (χ0n) is 12.0. The summed E-state index contributed by atoms with van der Waals surface area (Å²) in [6.45, 7) is 0. The second kappa shape index (κ2) is 5.76. The van der Waals surface area contributed by atoms with Gasteiger partial charge in [-0.05, 0) is 30.3 Å². The largest absolute Gasteiger partial charge is 0.435 e. The number of pyridine rings is 2. The van der Waals surface area contributed by atoms with Gasteiger partial charge in [0.05, 0.1) is 17.6 Å². The van der Waals surface area contributed by atoms with E-state index in [2.05, 4.69) is 15.1 Å². The lowest BCUT2D eigenvalue weighted by atomic mass is 10.2. The number of aromatic nitrogens is 4. The van der Waals surface area contributed by atoms with Gasteiger partial charge in [-0.3, -0.25) is 9.78 Å². The number of primary amides is 1. The first-order valence-corrected chi connectivity index (χ1v) is 6.70. The first-order chi connectivity index (χ1) is 11.4. The Kier molecular flexibility index (Phi) is 3.76. The van der Waals surface area contributed by atoms with E-state index in [1.54, 1.807) is 12.1 Å². The third-order valence-electron chi connectivity index (χ3n) is 3.20. The average molecular weight is 333 g/mol. The van der Waals surface area contributed by atoms with Gasteiger partial charge >= 0.3 is 6.18 Å². The quantitative estimate of drug-likeness (QED) is 0.797. The first kappa shape index (κ1) is 15.7. The van der Waals surface area contributed by atoms with E-state index >= 15 is 0 Å². The van der Waals surface area contributed by atoms with Gasteiger partial charge in [-0.15, -0.1) is 0 Å². The fraction of sp³-hybridized carbons (Fsp3) is 0.0667. The molecule has 3 heterocycles. The maximum absolute atomic E-state index is 13.0. The molecule has 0 saturated carbocycles. The molecule has 3 rings (SSSR count). The Hall–Kier alpha value is -3.23. The fourth-order valence-electron chi connectivity index (χ4n) is 2.09. The number of amides is 1. The summed E-state index contributed by atoms with van der Waals surface area (Å²) in [6, 6.07) is 6.89. The summed E-state index contributed by atoms with van der Waals surface area (Å²) in [5.41, 5.74) is 4.98. The molecule has 24 heavy (non-hydrogen) atoms. The highest BCUT2D eigenvalue weighted by atomic mass is 19.4. The molecule has 0 spiro atoms. The van der Waals surface area contributed by atoms with Crippen LogP contribution in [0.5, 0.6) is 0 Å². The topological polar surface area (TPSA) is 86.7 Å². The number of nitrogens with two attached hydrogens (primary N) is 1. The molecule has 0 aliphatic rings. The van der Waals surface area contributed by atoms with Gasteiger partial charge in [0.2, 0.25) is 0 Å². The van der Waals surface area contributed by atoms with E-state index in [-0.39, 0.29) is 17.1 Å². The van der Waals surface area contributed by atoms with Crippen LogP contribution in [0.25, 0.3) is 16.9 Å². The Morgan fingerprint density at radius 3 is 2.50 bits per heavy atom. The highest BCUT2D eigenvalue weighted by Crippen LogP contribution is 2.32. The molecule has 9 heteroatoms. The Balaban J connectivity index is 2.15. The van der Waals surface area contributed by atoms with Crippen molar-refractivity contribution in [3.05, 3.63) is 60.3 Å². The van der Waals surface area contributed by atoms with Crippen molar-refractivity contribution in [2.24, 2.45) is 5.73 Å². The second-order valence-corrected chi connectivity index (χ2v) is 4.83. The molecule has 0 fully saturated rings. The molecule has 0 atom stereocenters. The first-order valence-electron chi connectivity index (χ1n) is 6.70. The number of rotatable bonds is 3. The molecule has 0 aliphatic carbocycles. The lowest BCUT2D eigenvalue weighted by Crippen LogP contribution is -2.13. The van der Waals surface area contributed by atoms with Crippen LogP contribution in [0, 0.1) is 0 Å². The zero-order valence-corrected chi connectivity index (χ0v) is 12.0. The molecular formula is C15H10F3N5O. The second-order valence-electron chi connectivity index (χ2n) is 4.83. The summed E-state index contributed by atoms with van der Waals surface area (Å²) in [5.74, 6) is -0.731. The van der Waals surface area contributed by atoms with E-state index in [0.717, 1.165) is 10.7 Å². The lowest BCUT2D eigenvalue weighted by molar-refractivity contribution is -0.141. The molecular weight excluding hydrogens is 323 g/mol. The van der Waals surface area contributed by atoms with Crippen molar-refractivity contribution in [1.82, 2.24) is 19.7 Å². The third kappa shape index (κ3) is 2.96. The van der Waals surface area contributed by atoms with Crippen LogP contribution in [0.3, 0.4) is 0 Å². The van der Waals surface area contributed by atoms with E-state index < -0.39 is 17.8 Å². The summed E-state index contributed by atoms with van der Waals surface area (Å²) >= 11 is 0. The minimum atomic E-state index is -4.59. The Labute approximate surface area is 133 Å². The predicted octanol–water partition coefficient (Wildman–Crippen LogP) is 2.45. The molecule has 2 N–H and O–H groups in total. The number of halogens is 3. The van der Waals surface area contributed by atoms with Gasteiger partial charge in [-0.25, -0.2) is 9.67 Å². The van der Waals surface area contributed by atoms with Crippen LogP contribution in [-0.2, 0) is 6.18 Å². The maximum Gasteiger partial charge on any atom is 0.435 e. The van der Waals surface area contributed by atoms with Gasteiger partial charge in [0.25, 0.3) is 5.91 Å². The molecule has 1 amide bonds. The van der Waals surface area contributed by atoms with Crippen molar-refractivity contribution < 1.29 is 18.0 Å². The smallest absolute Gasteiger partial charge is 0.364 e. The molecule has 3 aromatic rings. The van der Waals surface area contributed by atoms with E-state index in [1.165, 1.54) is 30.7 Å². The fourth-order valence-corrected chi connectivity index (χ4v) is 2.09. The SMILES string of the molecule is NC(=O)c1ccc(-n2nc(C(F)(F)F)cc2-c2cccnc2)cn1. The minimum absolute atomic E-state index is 0.00452. The number of carbonyl (C=O) groups excluding carboxylic acids is 1. The van der Waals surface area contributed by atoms with Crippen molar-refractivity contribution in [2.75, 3.05) is 0 Å². The van der Waals surface area contributed by atoms with Crippen molar-refractivity contribution in [1.29, 1.82) is 0 Å². The maximum atomic E-state index is 13.0. The van der Waals surface area contributed by atoms with Crippen molar-refractivity contribution >= 4 is 5.91 Å². The lowest BCUT2D eigenvalue weighted by Gasteiger charge is -2.07. The normalized spacial score (nSPS) is 11.5. The van der Waals surface area contributed by atoms with Crippen molar-refractivity contribution in [3.63, 3.8) is 0 Å². The molecule has 6 nitrogen and oxygen atoms in total. The monoisotopic (exact) mass is 333 g/mol. The van der Waals surface area contributed by atoms with Crippen LogP contribution in [0.2, 0.25) is 0 Å². The van der Waals surface area contributed by atoms with Gasteiger partial charge in [-0.2, -0.15) is 18.3 Å². The summed E-state index contributed by atoms with van der Waals surface area (Å²) in [4.78, 5) is 18.8. The molecule has 0 radical (unpaired) electrons. The van der Waals surface area contributed by atoms with Gasteiger partial charge in [0, 0.05) is 18.0 Å². The molecule has 0 unspecified atom stereocenters. The van der Waals surface area contributed by atoms with Crippen LogP contribution >= 0.6 is 0 Å². The molecule has 0 aliphatic heterocycles. The van der Waals surface area contributed by atoms with Crippen molar-refractivity contribution in [2.45, 2.75) is 6.18 Å². The van der Waals surface area contributed by atoms with E-state index in [1.807, 2.05) is 0 Å². The number of nitrogens with zero attached hydrogens (tertiary/aromatic N) is 4. The average Bonchev–Trinajstić information content (AvgIpc) is 3.01. The van der Waals surface area contributed by atoms with Crippen LogP contribution in [0.15, 0.2) is 48.9 Å². The number of hydrogen-bond donors (Lipinski definition) is 1. The third-order valence-corrected chi connectivity index (χ3v) is 3.20. The molecule has 122 valence electrons. The highest BCUT2D eigenvalue weighted by Gasteiger charge is 2.35. The van der Waals surface area contributed by atoms with Crippen LogP contribution in [-0.4, -0.2) is 25.7 Å². The van der Waals surface area contributed by atoms with E-state index in [4.69, 9.17) is 5.73 Å².